The Kier molecular flexibility index (Phi) is 2.87. The van der Waals surface area contributed by atoms with Crippen LogP contribution >= 0.6 is 0 Å². The van der Waals surface area contributed by atoms with Crippen molar-refractivity contribution < 1.29 is 4.79 Å². The minimum Gasteiger partial charge on any atom is -0.348 e. The monoisotopic (exact) mass is 194 g/mol. The number of nitrogens with zero attached hydrogens (tertiary/aromatic N) is 1. The molecule has 0 aromatic heterocycles. The Hall–Kier alpha value is -0.830. The molecule has 1 N–H and O–H groups in total. The van der Waals surface area contributed by atoms with Crippen molar-refractivity contribution in [3.8, 4) is 0 Å². The average Bonchev–Trinajstić information content (AvgIpc) is 2.70. The molecule has 2 atom stereocenters. The molecule has 2 saturated heterocycles. The van der Waals surface area contributed by atoms with Crippen molar-refractivity contribution in [1.29, 1.82) is 0 Å². The van der Waals surface area contributed by atoms with E-state index in [-0.39, 0.29) is 5.91 Å². The van der Waals surface area contributed by atoms with Gasteiger partial charge in [-0.1, -0.05) is 6.08 Å². The van der Waals surface area contributed by atoms with Crippen LogP contribution in [0, 0.1) is 0 Å². The molecule has 2 rings (SSSR count). The Morgan fingerprint density at radius 1 is 1.43 bits per heavy atom. The zero-order valence-corrected chi connectivity index (χ0v) is 8.70. The van der Waals surface area contributed by atoms with Gasteiger partial charge < -0.3 is 5.32 Å². The molecule has 14 heavy (non-hydrogen) atoms. The highest BCUT2D eigenvalue weighted by atomic mass is 16.1. The van der Waals surface area contributed by atoms with Crippen LogP contribution in [-0.2, 0) is 4.79 Å². The van der Waals surface area contributed by atoms with Crippen LogP contribution in [0.25, 0.3) is 0 Å². The molecule has 78 valence electrons. The summed E-state index contributed by atoms with van der Waals surface area (Å²) in [7, 11) is 0. The van der Waals surface area contributed by atoms with Crippen molar-refractivity contribution in [1.82, 2.24) is 10.2 Å². The van der Waals surface area contributed by atoms with E-state index in [4.69, 9.17) is 0 Å². The average molecular weight is 194 g/mol. The molecule has 0 saturated carbocycles. The molecule has 0 spiro atoms. The third-order valence-corrected chi connectivity index (χ3v) is 3.25. The van der Waals surface area contributed by atoms with Gasteiger partial charge in [0.15, 0.2) is 0 Å². The van der Waals surface area contributed by atoms with E-state index < -0.39 is 0 Å². The summed E-state index contributed by atoms with van der Waals surface area (Å²) in [6, 6.07) is 1.01. The van der Waals surface area contributed by atoms with Gasteiger partial charge >= 0.3 is 0 Å². The van der Waals surface area contributed by atoms with Crippen LogP contribution in [0.2, 0.25) is 0 Å². The third kappa shape index (κ3) is 1.82. The first-order valence-corrected chi connectivity index (χ1v) is 5.48. The molecule has 0 bridgehead atoms. The number of hydrogen-bond donors (Lipinski definition) is 1. The number of carbonyl (C=O) groups excluding carboxylic acids is 1. The summed E-state index contributed by atoms with van der Waals surface area (Å²) in [6.07, 6.45) is 7.06. The molecular weight excluding hydrogens is 176 g/mol. The first-order chi connectivity index (χ1) is 6.81. The molecule has 2 heterocycles. The van der Waals surface area contributed by atoms with Crippen molar-refractivity contribution in [2.75, 3.05) is 13.1 Å². The fraction of sp³-hybridized carbons (Fsp3) is 0.727. The number of rotatable bonds is 2. The zero-order chi connectivity index (χ0) is 9.97. The number of hydrogen-bond acceptors (Lipinski definition) is 2. The molecule has 2 fully saturated rings. The Morgan fingerprint density at radius 2 is 2.29 bits per heavy atom. The number of allylic oxidation sites excluding steroid dienone is 1. The first-order valence-electron chi connectivity index (χ1n) is 5.48. The maximum Gasteiger partial charge on any atom is 0.243 e. The van der Waals surface area contributed by atoms with Gasteiger partial charge in [-0.25, -0.2) is 0 Å². The van der Waals surface area contributed by atoms with Gasteiger partial charge in [-0.15, -0.1) is 0 Å². The van der Waals surface area contributed by atoms with Crippen molar-refractivity contribution in [3.63, 3.8) is 0 Å². The quantitative estimate of drug-likeness (QED) is 0.663. The van der Waals surface area contributed by atoms with Gasteiger partial charge in [-0.3, -0.25) is 9.69 Å². The predicted molar refractivity (Wildman–Crippen MR) is 56.0 cm³/mol. The van der Waals surface area contributed by atoms with Gasteiger partial charge in [0.05, 0.1) is 0 Å². The Labute approximate surface area is 85.2 Å². The van der Waals surface area contributed by atoms with Crippen molar-refractivity contribution in [2.45, 2.75) is 38.3 Å². The van der Waals surface area contributed by atoms with E-state index in [0.29, 0.717) is 12.1 Å². The van der Waals surface area contributed by atoms with Gasteiger partial charge in [-0.05, 0) is 38.8 Å². The number of amides is 1. The van der Waals surface area contributed by atoms with Gasteiger partial charge in [0.25, 0.3) is 0 Å². The highest BCUT2D eigenvalue weighted by molar-refractivity contribution is 5.87. The lowest BCUT2D eigenvalue weighted by molar-refractivity contribution is -0.117. The number of fused-ring (bicyclic) bond motifs is 1. The predicted octanol–water partition coefficient (Wildman–Crippen LogP) is 0.915. The van der Waals surface area contributed by atoms with Crippen molar-refractivity contribution in [3.05, 3.63) is 12.2 Å². The van der Waals surface area contributed by atoms with E-state index in [1.807, 2.05) is 6.92 Å². The third-order valence-electron chi connectivity index (χ3n) is 3.25. The number of carbonyl (C=O) groups is 1. The second kappa shape index (κ2) is 4.13. The molecule has 2 unspecified atom stereocenters. The van der Waals surface area contributed by atoms with Crippen LogP contribution in [-0.4, -0.2) is 36.0 Å². The molecule has 3 nitrogen and oxygen atoms in total. The summed E-state index contributed by atoms with van der Waals surface area (Å²) in [4.78, 5) is 13.9. The van der Waals surface area contributed by atoms with E-state index in [1.54, 1.807) is 12.2 Å². The van der Waals surface area contributed by atoms with E-state index >= 15 is 0 Å². The minimum absolute atomic E-state index is 0.0613. The maximum atomic E-state index is 11.4. The Balaban J connectivity index is 1.89. The fourth-order valence-electron chi connectivity index (χ4n) is 2.63. The largest absolute Gasteiger partial charge is 0.348 e. The SMILES string of the molecule is C/C=C/C(=O)NC1CCN2CCCC12. The summed E-state index contributed by atoms with van der Waals surface area (Å²) in [5, 5.41) is 3.08. The van der Waals surface area contributed by atoms with Crippen LogP contribution in [0.5, 0.6) is 0 Å². The number of nitrogens with one attached hydrogen (secondary N) is 1. The molecule has 0 aliphatic carbocycles. The fourth-order valence-corrected chi connectivity index (χ4v) is 2.63. The standard InChI is InChI=1S/C11H18N2O/c1-2-4-11(14)12-9-6-8-13-7-3-5-10(9)13/h2,4,9-10H,3,5-8H2,1H3,(H,12,14)/b4-2+. The molecule has 1 amide bonds. The lowest BCUT2D eigenvalue weighted by Gasteiger charge is -2.20. The summed E-state index contributed by atoms with van der Waals surface area (Å²) in [5.41, 5.74) is 0. The molecule has 2 aliphatic heterocycles. The molecular formula is C11H18N2O. The van der Waals surface area contributed by atoms with Gasteiger partial charge in [-0.2, -0.15) is 0 Å². The van der Waals surface area contributed by atoms with E-state index in [2.05, 4.69) is 10.2 Å². The van der Waals surface area contributed by atoms with E-state index in [0.717, 1.165) is 13.0 Å². The van der Waals surface area contributed by atoms with Crippen LogP contribution in [0.1, 0.15) is 26.2 Å². The van der Waals surface area contributed by atoms with Crippen molar-refractivity contribution >= 4 is 5.91 Å². The summed E-state index contributed by atoms with van der Waals surface area (Å²) in [5.74, 6) is 0.0613. The second-order valence-electron chi connectivity index (χ2n) is 4.15. The van der Waals surface area contributed by atoms with Crippen LogP contribution in [0.4, 0.5) is 0 Å². The van der Waals surface area contributed by atoms with E-state index in [1.165, 1.54) is 19.4 Å². The molecule has 3 heteroatoms. The summed E-state index contributed by atoms with van der Waals surface area (Å²) in [6.45, 7) is 4.25. The van der Waals surface area contributed by atoms with Crippen LogP contribution < -0.4 is 5.32 Å². The Morgan fingerprint density at radius 3 is 3.07 bits per heavy atom. The van der Waals surface area contributed by atoms with Crippen LogP contribution in [0.15, 0.2) is 12.2 Å². The molecule has 2 aliphatic rings. The van der Waals surface area contributed by atoms with E-state index in [9.17, 15) is 4.79 Å². The van der Waals surface area contributed by atoms with Gasteiger partial charge in [0.2, 0.25) is 5.91 Å². The smallest absolute Gasteiger partial charge is 0.243 e. The van der Waals surface area contributed by atoms with Gasteiger partial charge in [0, 0.05) is 18.6 Å². The molecule has 0 aromatic carbocycles. The minimum atomic E-state index is 0.0613. The van der Waals surface area contributed by atoms with Crippen LogP contribution in [0.3, 0.4) is 0 Å². The topological polar surface area (TPSA) is 32.3 Å². The zero-order valence-electron chi connectivity index (χ0n) is 8.70. The highest BCUT2D eigenvalue weighted by Crippen LogP contribution is 2.27. The second-order valence-corrected chi connectivity index (χ2v) is 4.15. The normalized spacial score (nSPS) is 32.4. The molecule has 0 radical (unpaired) electrons. The highest BCUT2D eigenvalue weighted by Gasteiger charge is 2.37. The summed E-state index contributed by atoms with van der Waals surface area (Å²) < 4.78 is 0. The maximum absolute atomic E-state index is 11.4. The lowest BCUT2D eigenvalue weighted by atomic mass is 10.1. The van der Waals surface area contributed by atoms with Gasteiger partial charge in [0.1, 0.15) is 0 Å². The molecule has 0 aromatic rings. The summed E-state index contributed by atoms with van der Waals surface area (Å²) >= 11 is 0. The first kappa shape index (κ1) is 9.71. The Bertz CT molecular complexity index is 250. The lowest BCUT2D eigenvalue weighted by Crippen LogP contribution is -2.41. The van der Waals surface area contributed by atoms with Crippen molar-refractivity contribution in [2.24, 2.45) is 0 Å².